The van der Waals surface area contributed by atoms with Crippen LogP contribution in [-0.2, 0) is 24.6 Å². The van der Waals surface area contributed by atoms with Crippen LogP contribution in [-0.4, -0.2) is 34.8 Å². The van der Waals surface area contributed by atoms with E-state index >= 15 is 0 Å². The highest BCUT2D eigenvalue weighted by atomic mass is 35.5. The predicted octanol–water partition coefficient (Wildman–Crippen LogP) is 3.27. The zero-order chi connectivity index (χ0) is 21.1. The molecule has 0 unspecified atom stereocenters. The molecule has 0 saturated carbocycles. The Labute approximate surface area is 172 Å². The number of rotatable bonds is 7. The van der Waals surface area contributed by atoms with Crippen LogP contribution in [0.2, 0.25) is 0 Å². The number of aliphatic hydroxyl groups is 3. The van der Waals surface area contributed by atoms with Gasteiger partial charge in [-0.1, -0.05) is 0 Å². The summed E-state index contributed by atoms with van der Waals surface area (Å²) in [7, 11) is 3.00. The molecule has 0 amide bonds. The van der Waals surface area contributed by atoms with Crippen LogP contribution in [0.25, 0.3) is 27.6 Å². The zero-order valence-electron chi connectivity index (χ0n) is 16.0. The number of fused-ring (bicyclic) bond motifs is 3. The van der Waals surface area contributed by atoms with Gasteiger partial charge in [-0.05, 0) is 80.7 Å². The Bertz CT molecular complexity index is 1120. The van der Waals surface area contributed by atoms with E-state index in [1.165, 1.54) is 20.3 Å². The lowest BCUT2D eigenvalue weighted by atomic mass is 9.89. The number of methoxy groups -OCH3 is 2. The fraction of sp³-hybridized carbons (Fsp3) is 0.227. The molecule has 0 atom stereocenters. The van der Waals surface area contributed by atoms with Gasteiger partial charge in [0.1, 0.15) is 11.5 Å². The van der Waals surface area contributed by atoms with Crippen LogP contribution in [0.3, 0.4) is 0 Å². The fourth-order valence-corrected chi connectivity index (χ4v) is 3.71. The Morgan fingerprint density at radius 3 is 2.17 bits per heavy atom. The monoisotopic (exact) mass is 416 g/mol. The summed E-state index contributed by atoms with van der Waals surface area (Å²) >= 11 is 5.48. The molecule has 3 aromatic rings. The van der Waals surface area contributed by atoms with Gasteiger partial charge >= 0.3 is 0 Å². The molecular formula is C22H21ClO6. The van der Waals surface area contributed by atoms with Crippen molar-refractivity contribution < 1.29 is 29.6 Å². The van der Waals surface area contributed by atoms with E-state index < -0.39 is 5.24 Å². The SMILES string of the molecule is COc1cc2cc(/C=C/C(=O)Cl)c3cc(OC)c(CO)c(CO)c3c2cc1CO. The second-order valence-electron chi connectivity index (χ2n) is 6.42. The summed E-state index contributed by atoms with van der Waals surface area (Å²) in [6, 6.07) is 7.19. The molecule has 0 spiro atoms. The van der Waals surface area contributed by atoms with Crippen LogP contribution in [0.5, 0.6) is 11.5 Å². The molecule has 29 heavy (non-hydrogen) atoms. The summed E-state index contributed by atoms with van der Waals surface area (Å²) in [4.78, 5) is 11.3. The standard InChI is InChI=1S/C22H21ClO6/c1-28-19-7-13-5-12(3-4-21(23)27)16-8-20(29-2)17(10-25)18(11-26)22(16)15(13)6-14(19)9-24/h3-8,24-26H,9-11H2,1-2H3/b4-3+. The summed E-state index contributed by atoms with van der Waals surface area (Å²) in [5.41, 5.74) is 2.25. The van der Waals surface area contributed by atoms with E-state index in [2.05, 4.69) is 0 Å². The first-order valence-electron chi connectivity index (χ1n) is 8.85. The molecule has 0 radical (unpaired) electrons. The molecule has 7 heteroatoms. The van der Waals surface area contributed by atoms with Gasteiger partial charge < -0.3 is 24.8 Å². The molecule has 0 saturated heterocycles. The Balaban J connectivity index is 2.57. The quantitative estimate of drug-likeness (QED) is 0.311. The first-order chi connectivity index (χ1) is 14.0. The molecule has 0 aliphatic rings. The Hall–Kier alpha value is -2.64. The smallest absolute Gasteiger partial charge is 0.245 e. The molecule has 0 bridgehead atoms. The highest BCUT2D eigenvalue weighted by Gasteiger charge is 2.18. The first-order valence-corrected chi connectivity index (χ1v) is 9.23. The minimum Gasteiger partial charge on any atom is -0.496 e. The van der Waals surface area contributed by atoms with Crippen molar-refractivity contribution in [1.82, 2.24) is 0 Å². The maximum absolute atomic E-state index is 11.3. The van der Waals surface area contributed by atoms with Gasteiger partial charge in [0, 0.05) is 11.1 Å². The molecule has 3 rings (SSSR count). The van der Waals surface area contributed by atoms with Crippen molar-refractivity contribution in [1.29, 1.82) is 0 Å². The summed E-state index contributed by atoms with van der Waals surface area (Å²) in [5, 5.41) is 32.1. The molecular weight excluding hydrogens is 396 g/mol. The third-order valence-corrected chi connectivity index (χ3v) is 5.08. The van der Waals surface area contributed by atoms with Crippen LogP contribution < -0.4 is 9.47 Å². The normalized spacial score (nSPS) is 11.5. The van der Waals surface area contributed by atoms with Crippen molar-refractivity contribution in [2.45, 2.75) is 19.8 Å². The maximum Gasteiger partial charge on any atom is 0.245 e. The molecule has 0 aliphatic carbocycles. The highest BCUT2D eigenvalue weighted by Crippen LogP contribution is 2.40. The van der Waals surface area contributed by atoms with Gasteiger partial charge in [-0.25, -0.2) is 0 Å². The summed E-state index contributed by atoms with van der Waals surface area (Å²) in [5.74, 6) is 0.940. The van der Waals surface area contributed by atoms with E-state index in [9.17, 15) is 20.1 Å². The average molecular weight is 417 g/mol. The van der Waals surface area contributed by atoms with Gasteiger partial charge in [-0.15, -0.1) is 0 Å². The van der Waals surface area contributed by atoms with Crippen molar-refractivity contribution in [3.8, 4) is 11.5 Å². The molecule has 0 aliphatic heterocycles. The number of hydrogen-bond acceptors (Lipinski definition) is 6. The highest BCUT2D eigenvalue weighted by molar-refractivity contribution is 6.66. The van der Waals surface area contributed by atoms with Crippen molar-refractivity contribution in [2.24, 2.45) is 0 Å². The predicted molar refractivity (Wildman–Crippen MR) is 112 cm³/mol. The van der Waals surface area contributed by atoms with Crippen LogP contribution >= 0.6 is 11.6 Å². The van der Waals surface area contributed by atoms with Crippen molar-refractivity contribution >= 4 is 44.5 Å². The van der Waals surface area contributed by atoms with Crippen molar-refractivity contribution in [2.75, 3.05) is 14.2 Å². The number of ether oxygens (including phenoxy) is 2. The van der Waals surface area contributed by atoms with Crippen LogP contribution in [0.15, 0.2) is 30.3 Å². The molecule has 0 aromatic heterocycles. The van der Waals surface area contributed by atoms with E-state index in [-0.39, 0.29) is 19.8 Å². The molecule has 0 fully saturated rings. The molecule has 152 valence electrons. The largest absolute Gasteiger partial charge is 0.496 e. The van der Waals surface area contributed by atoms with E-state index in [1.807, 2.05) is 6.07 Å². The number of hydrogen-bond donors (Lipinski definition) is 3. The Morgan fingerprint density at radius 2 is 1.62 bits per heavy atom. The maximum atomic E-state index is 11.3. The van der Waals surface area contributed by atoms with Gasteiger partial charge in [0.05, 0.1) is 34.0 Å². The average Bonchev–Trinajstić information content (AvgIpc) is 2.74. The first kappa shape index (κ1) is 21.1. The van der Waals surface area contributed by atoms with Crippen molar-refractivity contribution in [3.05, 3.63) is 52.6 Å². The van der Waals surface area contributed by atoms with Gasteiger partial charge in [0.15, 0.2) is 0 Å². The molecule has 3 aromatic carbocycles. The number of allylic oxidation sites excluding steroid dienone is 1. The number of aliphatic hydroxyl groups excluding tert-OH is 3. The molecule has 6 nitrogen and oxygen atoms in total. The van der Waals surface area contributed by atoms with Gasteiger partial charge in [-0.2, -0.15) is 0 Å². The van der Waals surface area contributed by atoms with Gasteiger partial charge in [0.2, 0.25) is 5.24 Å². The van der Waals surface area contributed by atoms with Crippen LogP contribution in [0.1, 0.15) is 22.3 Å². The topological polar surface area (TPSA) is 96.2 Å². The van der Waals surface area contributed by atoms with Gasteiger partial charge in [-0.3, -0.25) is 4.79 Å². The van der Waals surface area contributed by atoms with E-state index in [4.69, 9.17) is 21.1 Å². The zero-order valence-corrected chi connectivity index (χ0v) is 16.8. The minimum atomic E-state index is -0.618. The number of benzene rings is 3. The van der Waals surface area contributed by atoms with Crippen LogP contribution in [0, 0.1) is 0 Å². The second-order valence-corrected chi connectivity index (χ2v) is 6.79. The fourth-order valence-electron chi connectivity index (χ4n) is 3.65. The third kappa shape index (κ3) is 3.80. The van der Waals surface area contributed by atoms with E-state index in [1.54, 1.807) is 24.3 Å². The lowest BCUT2D eigenvalue weighted by Crippen LogP contribution is -2.02. The Kier molecular flexibility index (Phi) is 6.39. The van der Waals surface area contributed by atoms with Crippen molar-refractivity contribution in [3.63, 3.8) is 0 Å². The summed E-state index contributed by atoms with van der Waals surface area (Å²) in [6.07, 6.45) is 2.83. The summed E-state index contributed by atoms with van der Waals surface area (Å²) < 4.78 is 10.8. The number of carbonyl (C=O) groups excluding carboxylic acids is 1. The third-order valence-electron chi connectivity index (χ3n) is 4.95. The molecule has 3 N–H and O–H groups in total. The number of carbonyl (C=O) groups is 1. The lowest BCUT2D eigenvalue weighted by Gasteiger charge is -2.19. The second kappa shape index (κ2) is 8.80. The molecule has 0 heterocycles. The minimum absolute atomic E-state index is 0.222. The lowest BCUT2D eigenvalue weighted by molar-refractivity contribution is -0.107. The van der Waals surface area contributed by atoms with E-state index in [0.717, 1.165) is 10.8 Å². The summed E-state index contributed by atoms with van der Waals surface area (Å²) in [6.45, 7) is -0.874. The Morgan fingerprint density at radius 1 is 0.931 bits per heavy atom. The van der Waals surface area contributed by atoms with E-state index in [0.29, 0.717) is 44.5 Å². The van der Waals surface area contributed by atoms with Gasteiger partial charge in [0.25, 0.3) is 0 Å². The number of halogens is 1. The van der Waals surface area contributed by atoms with Crippen LogP contribution in [0.4, 0.5) is 0 Å².